The summed E-state index contributed by atoms with van der Waals surface area (Å²) in [4.78, 5) is 13.3. The molecule has 1 saturated heterocycles. The van der Waals surface area contributed by atoms with Gasteiger partial charge in [0, 0.05) is 23.7 Å². The van der Waals surface area contributed by atoms with Gasteiger partial charge in [-0.05, 0) is 48.9 Å². The van der Waals surface area contributed by atoms with E-state index in [4.69, 9.17) is 27.4 Å². The van der Waals surface area contributed by atoms with Crippen LogP contribution in [0.1, 0.15) is 12.8 Å². The number of carbonyl (C=O) groups excluding carboxylic acids is 1. The third kappa shape index (κ3) is 3.50. The van der Waals surface area contributed by atoms with E-state index in [9.17, 15) is 13.2 Å². The average Bonchev–Trinajstić information content (AvgIpc) is 2.96. The van der Waals surface area contributed by atoms with Gasteiger partial charge in [-0.1, -0.05) is 23.2 Å². The van der Waals surface area contributed by atoms with Crippen LogP contribution in [0.5, 0.6) is 5.75 Å². The van der Waals surface area contributed by atoms with Gasteiger partial charge in [0.2, 0.25) is 5.91 Å². The lowest BCUT2D eigenvalue weighted by atomic mass is 10.3. The quantitative estimate of drug-likeness (QED) is 0.748. The van der Waals surface area contributed by atoms with E-state index in [0.717, 1.165) is 6.42 Å². The van der Waals surface area contributed by atoms with Crippen LogP contribution in [0.15, 0.2) is 47.4 Å². The summed E-state index contributed by atoms with van der Waals surface area (Å²) in [5.41, 5.74) is 0.668. The summed E-state index contributed by atoms with van der Waals surface area (Å²) in [5.74, 6) is 0.0367. The number of anilines is 1. The molecule has 5 nitrogen and oxygen atoms in total. The Morgan fingerprint density at radius 1 is 1.04 bits per heavy atom. The van der Waals surface area contributed by atoms with Crippen molar-refractivity contribution in [2.45, 2.75) is 17.7 Å². The first-order valence-electron chi connectivity index (χ1n) is 7.17. The smallest absolute Gasteiger partial charge is 0.339 e. The zero-order chi connectivity index (χ0) is 17.3. The topological polar surface area (TPSA) is 63.7 Å². The van der Waals surface area contributed by atoms with Gasteiger partial charge >= 0.3 is 10.1 Å². The number of rotatable bonds is 4. The first-order valence-corrected chi connectivity index (χ1v) is 9.33. The summed E-state index contributed by atoms with van der Waals surface area (Å²) < 4.78 is 29.7. The molecule has 24 heavy (non-hydrogen) atoms. The number of hydrogen-bond donors (Lipinski definition) is 0. The normalized spacial score (nSPS) is 14.9. The van der Waals surface area contributed by atoms with Gasteiger partial charge < -0.3 is 9.08 Å². The fraction of sp³-hybridized carbons (Fsp3) is 0.188. The Bertz CT molecular complexity index is 881. The zero-order valence-corrected chi connectivity index (χ0v) is 14.7. The minimum Gasteiger partial charge on any atom is -0.377 e. The molecule has 2 aromatic rings. The Balaban J connectivity index is 1.83. The number of nitrogens with zero attached hydrogens (tertiary/aromatic N) is 1. The van der Waals surface area contributed by atoms with Crippen molar-refractivity contribution in [2.75, 3.05) is 11.4 Å². The van der Waals surface area contributed by atoms with Crippen LogP contribution in [0.3, 0.4) is 0 Å². The summed E-state index contributed by atoms with van der Waals surface area (Å²) in [5, 5.41) is 0.481. The summed E-state index contributed by atoms with van der Waals surface area (Å²) in [6.45, 7) is 0.641. The van der Waals surface area contributed by atoms with E-state index in [1.807, 2.05) is 0 Å². The van der Waals surface area contributed by atoms with Gasteiger partial charge in [0.25, 0.3) is 0 Å². The van der Waals surface area contributed by atoms with Crippen molar-refractivity contribution in [1.29, 1.82) is 0 Å². The highest BCUT2D eigenvalue weighted by Gasteiger charge is 2.23. The van der Waals surface area contributed by atoms with Crippen molar-refractivity contribution in [3.8, 4) is 5.75 Å². The van der Waals surface area contributed by atoms with Crippen molar-refractivity contribution in [3.63, 3.8) is 0 Å². The van der Waals surface area contributed by atoms with E-state index in [-0.39, 0.29) is 21.6 Å². The van der Waals surface area contributed by atoms with Gasteiger partial charge in [0.15, 0.2) is 5.75 Å². The van der Waals surface area contributed by atoms with E-state index < -0.39 is 10.1 Å². The minimum atomic E-state index is -4.03. The number of amides is 1. The van der Waals surface area contributed by atoms with Crippen molar-refractivity contribution in [3.05, 3.63) is 52.5 Å². The highest BCUT2D eigenvalue weighted by Crippen LogP contribution is 2.30. The minimum absolute atomic E-state index is 0.000126. The highest BCUT2D eigenvalue weighted by atomic mass is 35.5. The van der Waals surface area contributed by atoms with Crippen molar-refractivity contribution in [2.24, 2.45) is 0 Å². The number of halogens is 2. The molecule has 3 rings (SSSR count). The third-order valence-corrected chi connectivity index (χ3v) is 5.38. The van der Waals surface area contributed by atoms with Gasteiger partial charge in [0.05, 0.1) is 5.02 Å². The molecule has 0 spiro atoms. The Morgan fingerprint density at radius 2 is 1.75 bits per heavy atom. The van der Waals surface area contributed by atoms with Crippen LogP contribution in [0, 0.1) is 0 Å². The SMILES string of the molecule is O=C1CCCN1c1ccc(S(=O)(=O)Oc2ccc(Cl)cc2Cl)cc1. The second kappa shape index (κ2) is 6.63. The lowest BCUT2D eigenvalue weighted by Gasteiger charge is -2.16. The predicted octanol–water partition coefficient (Wildman–Crippen LogP) is 3.89. The molecule has 0 saturated carbocycles. The van der Waals surface area contributed by atoms with Gasteiger partial charge in [-0.2, -0.15) is 8.42 Å². The first-order chi connectivity index (χ1) is 11.4. The van der Waals surface area contributed by atoms with E-state index in [0.29, 0.717) is 23.7 Å². The van der Waals surface area contributed by atoms with Gasteiger partial charge in [0.1, 0.15) is 4.90 Å². The molecule has 0 N–H and O–H groups in total. The lowest BCUT2D eigenvalue weighted by molar-refractivity contribution is -0.117. The third-order valence-electron chi connectivity index (χ3n) is 3.60. The molecule has 1 amide bonds. The molecule has 1 fully saturated rings. The van der Waals surface area contributed by atoms with Crippen molar-refractivity contribution in [1.82, 2.24) is 0 Å². The molecule has 1 aliphatic heterocycles. The van der Waals surface area contributed by atoms with Crippen LogP contribution in [-0.2, 0) is 14.9 Å². The fourth-order valence-corrected chi connectivity index (χ4v) is 3.86. The largest absolute Gasteiger partial charge is 0.377 e. The Kier molecular flexibility index (Phi) is 4.71. The maximum Gasteiger partial charge on any atom is 0.339 e. The molecule has 0 radical (unpaired) electrons. The summed E-state index contributed by atoms with van der Waals surface area (Å²) in [7, 11) is -4.03. The van der Waals surface area contributed by atoms with E-state index in [2.05, 4.69) is 0 Å². The lowest BCUT2D eigenvalue weighted by Crippen LogP contribution is -2.23. The second-order valence-corrected chi connectivity index (χ2v) is 7.64. The molecule has 0 bridgehead atoms. The molecule has 2 aromatic carbocycles. The summed E-state index contributed by atoms with van der Waals surface area (Å²) in [6, 6.07) is 10.3. The first kappa shape index (κ1) is 17.1. The maximum absolute atomic E-state index is 12.3. The van der Waals surface area contributed by atoms with Crippen LogP contribution >= 0.6 is 23.2 Å². The standard InChI is InChI=1S/C16H13Cl2NO4S/c17-11-3-8-15(14(18)10-11)23-24(21,22)13-6-4-12(5-7-13)19-9-1-2-16(19)20/h3-8,10H,1-2,9H2. The molecular weight excluding hydrogens is 373 g/mol. The molecule has 0 aliphatic carbocycles. The molecule has 0 aromatic heterocycles. The van der Waals surface area contributed by atoms with E-state index in [1.165, 1.54) is 30.3 Å². The van der Waals surface area contributed by atoms with Crippen LogP contribution in [0.25, 0.3) is 0 Å². The van der Waals surface area contributed by atoms with Crippen LogP contribution in [0.2, 0.25) is 10.0 Å². The van der Waals surface area contributed by atoms with Crippen LogP contribution in [0.4, 0.5) is 5.69 Å². The molecule has 1 aliphatic rings. The number of benzene rings is 2. The Hall–Kier alpha value is -1.76. The monoisotopic (exact) mass is 385 g/mol. The van der Waals surface area contributed by atoms with E-state index >= 15 is 0 Å². The van der Waals surface area contributed by atoms with Crippen molar-refractivity contribution < 1.29 is 17.4 Å². The number of hydrogen-bond acceptors (Lipinski definition) is 4. The second-order valence-electron chi connectivity index (χ2n) is 5.26. The summed E-state index contributed by atoms with van der Waals surface area (Å²) in [6.07, 6.45) is 1.31. The predicted molar refractivity (Wildman–Crippen MR) is 92.3 cm³/mol. The maximum atomic E-state index is 12.3. The summed E-state index contributed by atoms with van der Waals surface area (Å²) >= 11 is 11.7. The molecule has 126 valence electrons. The Morgan fingerprint density at radius 3 is 2.33 bits per heavy atom. The molecule has 0 unspecified atom stereocenters. The van der Waals surface area contributed by atoms with Gasteiger partial charge in [-0.3, -0.25) is 4.79 Å². The highest BCUT2D eigenvalue weighted by molar-refractivity contribution is 7.87. The molecular formula is C16H13Cl2NO4S. The average molecular weight is 386 g/mol. The van der Waals surface area contributed by atoms with Gasteiger partial charge in [-0.25, -0.2) is 0 Å². The van der Waals surface area contributed by atoms with Gasteiger partial charge in [-0.15, -0.1) is 0 Å². The fourth-order valence-electron chi connectivity index (χ4n) is 2.42. The van der Waals surface area contributed by atoms with E-state index in [1.54, 1.807) is 17.0 Å². The van der Waals surface area contributed by atoms with Crippen LogP contribution < -0.4 is 9.08 Å². The molecule has 1 heterocycles. The number of carbonyl (C=O) groups is 1. The zero-order valence-electron chi connectivity index (χ0n) is 12.4. The molecule has 0 atom stereocenters. The van der Waals surface area contributed by atoms with Crippen molar-refractivity contribution >= 4 is 44.9 Å². The Labute approximate surface area is 149 Å². The molecule has 8 heteroatoms. The van der Waals surface area contributed by atoms with Crippen LogP contribution in [-0.4, -0.2) is 20.9 Å².